The zero-order chi connectivity index (χ0) is 22.0. The molecule has 162 valence electrons. The van der Waals surface area contributed by atoms with Gasteiger partial charge in [-0.05, 0) is 38.1 Å². The summed E-state index contributed by atoms with van der Waals surface area (Å²) < 4.78 is 15.9. The molecule has 9 heteroatoms. The van der Waals surface area contributed by atoms with Gasteiger partial charge in [-0.15, -0.1) is 0 Å². The molecule has 0 aliphatic heterocycles. The maximum atomic E-state index is 12.4. The highest BCUT2D eigenvalue weighted by molar-refractivity contribution is 6.01. The lowest BCUT2D eigenvalue weighted by atomic mass is 9.97. The molecule has 0 spiro atoms. The third-order valence-corrected chi connectivity index (χ3v) is 4.14. The Hall–Kier alpha value is -2.49. The van der Waals surface area contributed by atoms with Gasteiger partial charge in [0.25, 0.3) is 0 Å². The second-order valence-electron chi connectivity index (χ2n) is 6.97. The van der Waals surface area contributed by atoms with Crippen LogP contribution in [0.5, 0.6) is 5.75 Å². The molecular formula is C20H30N2O7. The minimum atomic E-state index is -1.45. The summed E-state index contributed by atoms with van der Waals surface area (Å²) >= 11 is 0. The van der Waals surface area contributed by atoms with Gasteiger partial charge >= 0.3 is 0 Å². The number of ketones is 1. The van der Waals surface area contributed by atoms with Crippen LogP contribution in [-0.2, 0) is 19.1 Å². The fourth-order valence-electron chi connectivity index (χ4n) is 2.46. The lowest BCUT2D eigenvalue weighted by Gasteiger charge is -2.26. The van der Waals surface area contributed by atoms with Crippen LogP contribution in [0.1, 0.15) is 37.0 Å². The summed E-state index contributed by atoms with van der Waals surface area (Å²) in [5.74, 6) is -0.694. The molecule has 3 N–H and O–H groups in total. The molecule has 1 aromatic carbocycles. The highest BCUT2D eigenvalue weighted by Crippen LogP contribution is 2.17. The van der Waals surface area contributed by atoms with E-state index in [-0.39, 0.29) is 44.2 Å². The fraction of sp³-hybridized carbons (Fsp3) is 0.550. The van der Waals surface area contributed by atoms with Gasteiger partial charge in [0.05, 0.1) is 13.1 Å². The van der Waals surface area contributed by atoms with Crippen molar-refractivity contribution in [2.45, 2.75) is 38.6 Å². The van der Waals surface area contributed by atoms with Crippen LogP contribution in [0.25, 0.3) is 0 Å². The smallest absolute Gasteiger partial charge is 0.223 e. The Morgan fingerprint density at radius 2 is 1.69 bits per heavy atom. The number of nitrogens with two attached hydrogens (primary N) is 1. The Balaban J connectivity index is 2.67. The van der Waals surface area contributed by atoms with Crippen LogP contribution < -0.4 is 10.5 Å². The van der Waals surface area contributed by atoms with Crippen molar-refractivity contribution in [3.05, 3.63) is 29.8 Å². The first-order valence-electron chi connectivity index (χ1n) is 9.20. The van der Waals surface area contributed by atoms with E-state index in [1.807, 2.05) is 0 Å². The first-order chi connectivity index (χ1) is 13.6. The van der Waals surface area contributed by atoms with E-state index in [4.69, 9.17) is 19.9 Å². The number of aliphatic hydroxyl groups is 1. The van der Waals surface area contributed by atoms with Gasteiger partial charge in [0.1, 0.15) is 18.0 Å². The van der Waals surface area contributed by atoms with E-state index in [0.29, 0.717) is 11.3 Å². The van der Waals surface area contributed by atoms with Gasteiger partial charge in [-0.25, -0.2) is 0 Å². The number of carbonyl (C=O) groups is 3. The SMILES string of the molecule is COC(CN(CCOc1ccc(C(=O)C(C)(C)O)cc1)C(=O)CCC(N)=O)OC. The number of rotatable bonds is 13. The van der Waals surface area contributed by atoms with Crippen molar-refractivity contribution in [1.82, 2.24) is 4.90 Å². The van der Waals surface area contributed by atoms with Crippen LogP contribution in [0.15, 0.2) is 24.3 Å². The number of hydrogen-bond acceptors (Lipinski definition) is 7. The Labute approximate surface area is 170 Å². The fourth-order valence-corrected chi connectivity index (χ4v) is 2.46. The van der Waals surface area contributed by atoms with Crippen LogP contribution >= 0.6 is 0 Å². The van der Waals surface area contributed by atoms with Gasteiger partial charge in [-0.1, -0.05) is 0 Å². The van der Waals surface area contributed by atoms with Crippen LogP contribution in [-0.4, -0.2) is 73.4 Å². The number of Topliss-reactive ketones (excluding diaryl/α,β-unsaturated/α-hetero) is 1. The lowest BCUT2D eigenvalue weighted by molar-refractivity contribution is -0.146. The van der Waals surface area contributed by atoms with Gasteiger partial charge in [0.2, 0.25) is 11.8 Å². The maximum absolute atomic E-state index is 12.4. The zero-order valence-corrected chi connectivity index (χ0v) is 17.3. The summed E-state index contributed by atoms with van der Waals surface area (Å²) in [6.45, 7) is 3.45. The van der Waals surface area contributed by atoms with Gasteiger partial charge in [0.15, 0.2) is 12.1 Å². The van der Waals surface area contributed by atoms with E-state index in [0.717, 1.165) is 0 Å². The predicted octanol–water partition coefficient (Wildman–Crippen LogP) is 0.732. The minimum absolute atomic E-state index is 0.0107. The standard InChI is InChI=1S/C20H30N2O7/c1-20(2,26)19(25)14-5-7-15(8-6-14)29-12-11-22(13-18(27-3)28-4)17(24)10-9-16(21)23/h5-8,18,26H,9-13H2,1-4H3,(H2,21,23). The molecular weight excluding hydrogens is 380 g/mol. The molecule has 0 aromatic heterocycles. The van der Waals surface area contributed by atoms with E-state index < -0.39 is 17.8 Å². The number of hydrogen-bond donors (Lipinski definition) is 2. The highest BCUT2D eigenvalue weighted by Gasteiger charge is 2.25. The molecule has 9 nitrogen and oxygen atoms in total. The molecule has 0 atom stereocenters. The molecule has 0 heterocycles. The molecule has 0 saturated heterocycles. The Bertz CT molecular complexity index is 679. The molecule has 2 amide bonds. The van der Waals surface area contributed by atoms with Crippen LogP contribution in [0.3, 0.4) is 0 Å². The second-order valence-corrected chi connectivity index (χ2v) is 6.97. The number of amides is 2. The molecule has 0 radical (unpaired) electrons. The number of benzene rings is 1. The summed E-state index contributed by atoms with van der Waals surface area (Å²) in [5.41, 5.74) is 4.03. The van der Waals surface area contributed by atoms with Gasteiger partial charge in [0, 0.05) is 32.6 Å². The van der Waals surface area contributed by atoms with Crippen molar-refractivity contribution < 1.29 is 33.7 Å². The number of nitrogens with zero attached hydrogens (tertiary/aromatic N) is 1. The summed E-state index contributed by atoms with van der Waals surface area (Å²) in [6.07, 6.45) is -0.666. The van der Waals surface area contributed by atoms with Gasteiger partial charge in [-0.2, -0.15) is 0 Å². The first-order valence-corrected chi connectivity index (χ1v) is 9.20. The molecule has 1 rings (SSSR count). The van der Waals surface area contributed by atoms with Crippen LogP contribution in [0.2, 0.25) is 0 Å². The topological polar surface area (TPSA) is 128 Å². The average Bonchev–Trinajstić information content (AvgIpc) is 2.68. The molecule has 0 aliphatic carbocycles. The van der Waals surface area contributed by atoms with E-state index in [1.165, 1.54) is 33.0 Å². The summed E-state index contributed by atoms with van der Waals surface area (Å²) in [6, 6.07) is 6.37. The van der Waals surface area contributed by atoms with Gasteiger partial charge < -0.3 is 30.0 Å². The highest BCUT2D eigenvalue weighted by atomic mass is 16.7. The molecule has 0 unspecified atom stereocenters. The molecule has 0 aliphatic rings. The van der Waals surface area contributed by atoms with Crippen molar-refractivity contribution in [3.63, 3.8) is 0 Å². The Morgan fingerprint density at radius 1 is 1.10 bits per heavy atom. The van der Waals surface area contributed by atoms with Crippen LogP contribution in [0.4, 0.5) is 0 Å². The third kappa shape index (κ3) is 8.59. The maximum Gasteiger partial charge on any atom is 0.223 e. The number of ether oxygens (including phenoxy) is 3. The van der Waals surface area contributed by atoms with Crippen LogP contribution in [0, 0.1) is 0 Å². The molecule has 0 bridgehead atoms. The zero-order valence-electron chi connectivity index (χ0n) is 17.3. The quantitative estimate of drug-likeness (QED) is 0.362. The number of carbonyl (C=O) groups excluding carboxylic acids is 3. The monoisotopic (exact) mass is 410 g/mol. The van der Waals surface area contributed by atoms with Gasteiger partial charge in [-0.3, -0.25) is 14.4 Å². The van der Waals surface area contributed by atoms with Crippen molar-refractivity contribution >= 4 is 17.6 Å². The number of primary amides is 1. The predicted molar refractivity (Wildman–Crippen MR) is 105 cm³/mol. The summed E-state index contributed by atoms with van der Waals surface area (Å²) in [7, 11) is 2.93. The van der Waals surface area contributed by atoms with E-state index in [9.17, 15) is 19.5 Å². The first kappa shape index (κ1) is 24.5. The summed E-state index contributed by atoms with van der Waals surface area (Å²) in [4.78, 5) is 36.8. The van der Waals surface area contributed by atoms with Crippen molar-refractivity contribution in [2.75, 3.05) is 33.9 Å². The van der Waals surface area contributed by atoms with Crippen molar-refractivity contribution in [2.24, 2.45) is 5.73 Å². The van der Waals surface area contributed by atoms with E-state index in [2.05, 4.69) is 0 Å². The average molecular weight is 410 g/mol. The molecule has 0 fully saturated rings. The van der Waals surface area contributed by atoms with Crippen molar-refractivity contribution in [1.29, 1.82) is 0 Å². The largest absolute Gasteiger partial charge is 0.492 e. The number of methoxy groups -OCH3 is 2. The third-order valence-electron chi connectivity index (χ3n) is 4.14. The lowest BCUT2D eigenvalue weighted by Crippen LogP contribution is -2.41. The minimum Gasteiger partial charge on any atom is -0.492 e. The normalized spacial score (nSPS) is 11.4. The van der Waals surface area contributed by atoms with Crippen molar-refractivity contribution in [3.8, 4) is 5.75 Å². The molecule has 1 aromatic rings. The van der Waals surface area contributed by atoms with E-state index >= 15 is 0 Å². The Kier molecular flexibility index (Phi) is 9.73. The Morgan fingerprint density at radius 3 is 2.17 bits per heavy atom. The molecule has 0 saturated carbocycles. The second kappa shape index (κ2) is 11.5. The molecule has 29 heavy (non-hydrogen) atoms. The van der Waals surface area contributed by atoms with E-state index in [1.54, 1.807) is 24.3 Å². The summed E-state index contributed by atoms with van der Waals surface area (Å²) in [5, 5.41) is 9.79.